The molecular weight excluding hydrogens is 464 g/mol. The molecule has 2 nitrogen and oxygen atoms in total. The zero-order valence-corrected chi connectivity index (χ0v) is 26.6. The molecule has 1 saturated carbocycles. The van der Waals surface area contributed by atoms with Crippen LogP contribution in [0.25, 0.3) is 0 Å². The van der Waals surface area contributed by atoms with Gasteiger partial charge in [-0.3, -0.25) is 0 Å². The highest BCUT2D eigenvalue weighted by molar-refractivity contribution is 5.51. The Morgan fingerprint density at radius 3 is 0.868 bits per heavy atom. The van der Waals surface area contributed by atoms with Crippen molar-refractivity contribution in [1.29, 1.82) is 0 Å². The Hall–Kier alpha value is -1.96. The van der Waals surface area contributed by atoms with Crippen molar-refractivity contribution in [2.75, 3.05) is 0 Å². The van der Waals surface area contributed by atoms with E-state index in [4.69, 9.17) is 0 Å². The average molecular weight is 521 g/mol. The molecule has 38 heavy (non-hydrogen) atoms. The lowest BCUT2D eigenvalue weighted by molar-refractivity contribution is 0.272. The summed E-state index contributed by atoms with van der Waals surface area (Å²) in [4.78, 5) is 0. The quantitative estimate of drug-likeness (QED) is 0.421. The summed E-state index contributed by atoms with van der Waals surface area (Å²) in [6, 6.07) is 9.09. The highest BCUT2D eigenvalue weighted by atomic mass is 16.3. The topological polar surface area (TPSA) is 40.5 Å². The Morgan fingerprint density at radius 2 is 0.684 bits per heavy atom. The highest BCUT2D eigenvalue weighted by Crippen LogP contribution is 2.43. The molecule has 1 fully saturated rings. The van der Waals surface area contributed by atoms with Crippen molar-refractivity contribution >= 4 is 0 Å². The van der Waals surface area contributed by atoms with E-state index in [9.17, 15) is 10.2 Å². The fraction of sp³-hybridized carbons (Fsp3) is 0.667. The summed E-state index contributed by atoms with van der Waals surface area (Å²) in [6.07, 6.45) is 7.24. The monoisotopic (exact) mass is 520 g/mol. The molecule has 0 heterocycles. The molecule has 2 aromatic rings. The van der Waals surface area contributed by atoms with Gasteiger partial charge in [0.2, 0.25) is 0 Å². The first kappa shape index (κ1) is 30.6. The van der Waals surface area contributed by atoms with Crippen LogP contribution in [0.15, 0.2) is 24.3 Å². The lowest BCUT2D eigenvalue weighted by atomic mass is 9.73. The van der Waals surface area contributed by atoms with Crippen LogP contribution < -0.4 is 0 Å². The van der Waals surface area contributed by atoms with Gasteiger partial charge in [-0.05, 0) is 105 Å². The molecule has 0 radical (unpaired) electrons. The first-order valence-corrected chi connectivity index (χ1v) is 14.9. The van der Waals surface area contributed by atoms with E-state index in [1.165, 1.54) is 36.8 Å². The van der Waals surface area contributed by atoms with Gasteiger partial charge in [0.25, 0.3) is 0 Å². The number of phenolic OH excluding ortho intramolecular Hbond substituents is 2. The molecular formula is C36H56O2. The maximum Gasteiger partial charge on any atom is 0.123 e. The Kier molecular flexibility index (Phi) is 8.49. The maximum absolute atomic E-state index is 11.1. The van der Waals surface area contributed by atoms with Gasteiger partial charge in [0.15, 0.2) is 0 Å². The third-order valence-electron chi connectivity index (χ3n) is 8.59. The molecule has 0 aliphatic heterocycles. The van der Waals surface area contributed by atoms with E-state index in [1.54, 1.807) is 0 Å². The molecule has 0 saturated heterocycles. The molecule has 0 unspecified atom stereocenters. The minimum atomic E-state index is -0.0836. The van der Waals surface area contributed by atoms with Gasteiger partial charge in [0.05, 0.1) is 0 Å². The van der Waals surface area contributed by atoms with Gasteiger partial charge >= 0.3 is 0 Å². The summed E-state index contributed by atoms with van der Waals surface area (Å²) in [5.74, 6) is 2.37. The van der Waals surface area contributed by atoms with E-state index in [2.05, 4.69) is 107 Å². The number of rotatable bonds is 4. The van der Waals surface area contributed by atoms with Crippen molar-refractivity contribution in [1.82, 2.24) is 0 Å². The molecule has 212 valence electrons. The summed E-state index contributed by atoms with van der Waals surface area (Å²) in [6.45, 7) is 26.4. The van der Waals surface area contributed by atoms with E-state index in [-0.39, 0.29) is 21.7 Å². The van der Waals surface area contributed by atoms with Crippen molar-refractivity contribution < 1.29 is 10.2 Å². The van der Waals surface area contributed by atoms with Crippen LogP contribution in [0.3, 0.4) is 0 Å². The van der Waals surface area contributed by atoms with Gasteiger partial charge in [0, 0.05) is 0 Å². The lowest BCUT2D eigenvalue weighted by Crippen LogP contribution is -2.21. The van der Waals surface area contributed by atoms with Crippen molar-refractivity contribution in [2.24, 2.45) is 11.8 Å². The van der Waals surface area contributed by atoms with Crippen LogP contribution in [-0.4, -0.2) is 10.2 Å². The summed E-state index contributed by atoms with van der Waals surface area (Å²) in [7, 11) is 0. The van der Waals surface area contributed by atoms with Gasteiger partial charge < -0.3 is 10.2 Å². The van der Waals surface area contributed by atoms with Crippen LogP contribution in [-0.2, 0) is 34.5 Å². The van der Waals surface area contributed by atoms with Gasteiger partial charge in [-0.1, -0.05) is 107 Å². The SMILES string of the molecule is CC(C)(C)c1cc(CC2CCC(Cc3cc(C(C)(C)C)c(O)c(C(C)(C)C)c3)CC2)cc(C(C)(C)C)c1O. The maximum atomic E-state index is 11.1. The van der Waals surface area contributed by atoms with Gasteiger partial charge in [-0.2, -0.15) is 0 Å². The Labute approximate surface area is 234 Å². The van der Waals surface area contributed by atoms with Crippen molar-refractivity contribution in [3.8, 4) is 11.5 Å². The molecule has 3 rings (SSSR count). The van der Waals surface area contributed by atoms with Crippen LogP contribution in [0.2, 0.25) is 0 Å². The van der Waals surface area contributed by atoms with Crippen molar-refractivity contribution in [3.63, 3.8) is 0 Å². The van der Waals surface area contributed by atoms with Crippen molar-refractivity contribution in [3.05, 3.63) is 57.6 Å². The van der Waals surface area contributed by atoms with Crippen LogP contribution >= 0.6 is 0 Å². The number of aromatic hydroxyl groups is 2. The molecule has 0 aromatic heterocycles. The fourth-order valence-corrected chi connectivity index (χ4v) is 6.22. The van der Waals surface area contributed by atoms with Crippen LogP contribution in [0.5, 0.6) is 11.5 Å². The lowest BCUT2D eigenvalue weighted by Gasteiger charge is -2.32. The van der Waals surface area contributed by atoms with Crippen molar-refractivity contribution in [2.45, 2.75) is 143 Å². The average Bonchev–Trinajstić information content (AvgIpc) is 2.74. The summed E-state index contributed by atoms with van der Waals surface area (Å²) in [5.41, 5.74) is 6.72. The third-order valence-corrected chi connectivity index (χ3v) is 8.59. The van der Waals surface area contributed by atoms with Gasteiger partial charge in [-0.15, -0.1) is 0 Å². The van der Waals surface area contributed by atoms with Crippen LogP contribution in [0.1, 0.15) is 142 Å². The van der Waals surface area contributed by atoms with Crippen LogP contribution in [0, 0.1) is 11.8 Å². The van der Waals surface area contributed by atoms with Crippen LogP contribution in [0.4, 0.5) is 0 Å². The largest absolute Gasteiger partial charge is 0.507 e. The molecule has 0 atom stereocenters. The summed E-state index contributed by atoms with van der Waals surface area (Å²) < 4.78 is 0. The fourth-order valence-electron chi connectivity index (χ4n) is 6.22. The highest BCUT2D eigenvalue weighted by Gasteiger charge is 2.30. The van der Waals surface area contributed by atoms with E-state index >= 15 is 0 Å². The van der Waals surface area contributed by atoms with E-state index in [1.807, 2.05) is 0 Å². The zero-order valence-electron chi connectivity index (χ0n) is 26.6. The Balaban J connectivity index is 1.76. The van der Waals surface area contributed by atoms with Gasteiger partial charge in [0.1, 0.15) is 11.5 Å². The third kappa shape index (κ3) is 7.16. The molecule has 2 heteroatoms. The summed E-state index contributed by atoms with van der Waals surface area (Å²) in [5, 5.41) is 22.2. The molecule has 2 N–H and O–H groups in total. The second-order valence-electron chi connectivity index (χ2n) is 16.4. The molecule has 1 aliphatic rings. The molecule has 0 amide bonds. The standard InChI is InChI=1S/C36H56O2/c1-33(2,3)27-19-25(20-28(31(27)37)34(4,5)6)17-23-13-15-24(16-14-23)18-26-21-29(35(7,8)9)32(38)30(22-26)36(10,11)12/h19-24,37-38H,13-18H2,1-12H3. The number of benzene rings is 2. The first-order valence-electron chi connectivity index (χ1n) is 14.9. The Bertz CT molecular complexity index is 956. The predicted molar refractivity (Wildman–Crippen MR) is 164 cm³/mol. The van der Waals surface area contributed by atoms with E-state index < -0.39 is 0 Å². The second kappa shape index (κ2) is 10.5. The number of phenols is 2. The van der Waals surface area contributed by atoms with E-state index in [0.29, 0.717) is 23.3 Å². The molecule has 1 aliphatic carbocycles. The Morgan fingerprint density at radius 1 is 0.474 bits per heavy atom. The molecule has 2 aromatic carbocycles. The molecule has 0 spiro atoms. The number of hydrogen-bond acceptors (Lipinski definition) is 2. The minimum Gasteiger partial charge on any atom is -0.507 e. The summed E-state index contributed by atoms with van der Waals surface area (Å²) >= 11 is 0. The second-order valence-corrected chi connectivity index (χ2v) is 16.4. The zero-order chi connectivity index (χ0) is 28.8. The van der Waals surface area contributed by atoms with Gasteiger partial charge in [-0.25, -0.2) is 0 Å². The smallest absolute Gasteiger partial charge is 0.123 e. The predicted octanol–water partition coefficient (Wildman–Crippen LogP) is 9.88. The molecule has 0 bridgehead atoms. The normalized spacial score (nSPS) is 19.6. The minimum absolute atomic E-state index is 0.0836. The first-order chi connectivity index (χ1) is 17.2. The number of hydrogen-bond donors (Lipinski definition) is 2. The van der Waals surface area contributed by atoms with E-state index in [0.717, 1.165) is 35.1 Å².